The summed E-state index contributed by atoms with van der Waals surface area (Å²) in [6.45, 7) is 0. The van der Waals surface area contributed by atoms with Crippen LogP contribution in [0, 0.1) is 0 Å². The van der Waals surface area contributed by atoms with Crippen molar-refractivity contribution in [1.82, 2.24) is 5.43 Å². The Hall–Kier alpha value is -1.95. The van der Waals surface area contributed by atoms with E-state index in [9.17, 15) is 4.79 Å². The maximum atomic E-state index is 11.0. The van der Waals surface area contributed by atoms with Crippen LogP contribution in [0.25, 0.3) is 0 Å². The zero-order valence-corrected chi connectivity index (χ0v) is 9.17. The van der Waals surface area contributed by atoms with Gasteiger partial charge in [-0.2, -0.15) is 5.10 Å². The third-order valence-electron chi connectivity index (χ3n) is 2.13. The fourth-order valence-corrected chi connectivity index (χ4v) is 1.53. The van der Waals surface area contributed by atoms with Crippen molar-refractivity contribution in [2.45, 2.75) is 6.42 Å². The van der Waals surface area contributed by atoms with Crippen LogP contribution in [0.3, 0.4) is 0 Å². The molecule has 0 saturated carbocycles. The Kier molecular flexibility index (Phi) is 2.82. The fraction of sp³-hybridized carbons (Fsp3) is 0.100. The van der Waals surface area contributed by atoms with E-state index in [1.54, 1.807) is 0 Å². The second-order valence-corrected chi connectivity index (χ2v) is 3.78. The highest BCUT2D eigenvalue weighted by atomic mass is 32.1. The topological polar surface area (TPSA) is 79.5 Å². The molecule has 6 heteroatoms. The predicted octanol–water partition coefficient (Wildman–Crippen LogP) is 0.566. The van der Waals surface area contributed by atoms with Gasteiger partial charge in [-0.3, -0.25) is 4.79 Å². The summed E-state index contributed by atoms with van der Waals surface area (Å²) in [7, 11) is 0. The van der Waals surface area contributed by atoms with Crippen LogP contribution in [0.4, 0.5) is 5.69 Å². The van der Waals surface area contributed by atoms with Gasteiger partial charge in [0.2, 0.25) is 5.91 Å². The number of nitrogens with one attached hydrogen (secondary N) is 2. The second-order valence-electron chi connectivity index (χ2n) is 3.34. The minimum atomic E-state index is -0.0830. The first kappa shape index (κ1) is 10.6. The van der Waals surface area contributed by atoms with Gasteiger partial charge in [-0.05, 0) is 29.9 Å². The van der Waals surface area contributed by atoms with Crippen LogP contribution in [0.1, 0.15) is 12.0 Å². The number of hydrogen-bond donors (Lipinski definition) is 3. The smallest absolute Gasteiger partial charge is 0.246 e. The van der Waals surface area contributed by atoms with Gasteiger partial charge < -0.3 is 11.1 Å². The van der Waals surface area contributed by atoms with Crippen LogP contribution >= 0.6 is 12.2 Å². The lowest BCUT2D eigenvalue weighted by atomic mass is 10.1. The maximum absolute atomic E-state index is 11.0. The molecule has 1 aliphatic rings. The number of rotatable bonds is 2. The van der Waals surface area contributed by atoms with E-state index in [1.165, 1.54) is 0 Å². The molecule has 1 aliphatic heterocycles. The molecule has 1 amide bonds. The molecule has 82 valence electrons. The summed E-state index contributed by atoms with van der Waals surface area (Å²) in [6, 6.07) is 7.39. The Balaban J connectivity index is 2.13. The monoisotopic (exact) mass is 234 g/mol. The Labute approximate surface area is 97.7 Å². The highest BCUT2D eigenvalue weighted by Crippen LogP contribution is 2.13. The van der Waals surface area contributed by atoms with Crippen molar-refractivity contribution < 1.29 is 4.79 Å². The summed E-state index contributed by atoms with van der Waals surface area (Å²) in [5.74, 6) is -0.0830. The molecule has 16 heavy (non-hydrogen) atoms. The molecule has 0 bridgehead atoms. The van der Waals surface area contributed by atoms with E-state index in [0.29, 0.717) is 6.42 Å². The average Bonchev–Trinajstić information content (AvgIpc) is 2.65. The largest absolute Gasteiger partial charge is 0.376 e. The highest BCUT2D eigenvalue weighted by molar-refractivity contribution is 7.80. The van der Waals surface area contributed by atoms with Crippen LogP contribution in [0.15, 0.2) is 29.4 Å². The quantitative estimate of drug-likeness (QED) is 0.653. The molecule has 1 heterocycles. The van der Waals surface area contributed by atoms with Crippen molar-refractivity contribution in [2.75, 3.05) is 5.32 Å². The van der Waals surface area contributed by atoms with Crippen molar-refractivity contribution in [3.05, 3.63) is 29.8 Å². The summed E-state index contributed by atoms with van der Waals surface area (Å²) in [6.07, 6.45) is 0.322. The van der Waals surface area contributed by atoms with Crippen LogP contribution in [-0.2, 0) is 4.79 Å². The first-order valence-electron chi connectivity index (χ1n) is 4.67. The van der Waals surface area contributed by atoms with Gasteiger partial charge >= 0.3 is 0 Å². The number of carbonyl (C=O) groups excluding carboxylic acids is 1. The minimum absolute atomic E-state index is 0.0830. The molecule has 0 aromatic heterocycles. The summed E-state index contributed by atoms with van der Waals surface area (Å²) < 4.78 is 0. The number of benzene rings is 1. The number of amides is 1. The molecule has 0 aliphatic carbocycles. The number of carbonyl (C=O) groups is 1. The van der Waals surface area contributed by atoms with E-state index >= 15 is 0 Å². The highest BCUT2D eigenvalue weighted by Gasteiger charge is 2.15. The molecule has 1 aromatic carbocycles. The zero-order chi connectivity index (χ0) is 11.5. The summed E-state index contributed by atoms with van der Waals surface area (Å²) >= 11 is 4.72. The van der Waals surface area contributed by atoms with Crippen molar-refractivity contribution in [3.63, 3.8) is 0 Å². The number of nitrogens with two attached hydrogens (primary N) is 1. The molecule has 0 fully saturated rings. The Morgan fingerprint density at radius 3 is 2.62 bits per heavy atom. The number of hydrogen-bond acceptors (Lipinski definition) is 3. The third-order valence-corrected chi connectivity index (χ3v) is 2.23. The van der Waals surface area contributed by atoms with Crippen LogP contribution in [-0.4, -0.2) is 16.7 Å². The second kappa shape index (κ2) is 4.28. The van der Waals surface area contributed by atoms with Gasteiger partial charge in [0.15, 0.2) is 5.11 Å². The van der Waals surface area contributed by atoms with Crippen LogP contribution in [0.5, 0.6) is 0 Å². The molecule has 0 unspecified atom stereocenters. The SMILES string of the molecule is NC(=S)Nc1ccc(C2=NNC(=O)C2)cc1. The van der Waals surface area contributed by atoms with Crippen molar-refractivity contribution >= 4 is 34.6 Å². The van der Waals surface area contributed by atoms with Gasteiger partial charge in [-0.1, -0.05) is 12.1 Å². The predicted molar refractivity (Wildman–Crippen MR) is 66.1 cm³/mol. The van der Waals surface area contributed by atoms with Gasteiger partial charge in [-0.15, -0.1) is 0 Å². The van der Waals surface area contributed by atoms with Gasteiger partial charge in [0.05, 0.1) is 12.1 Å². The molecule has 2 rings (SSSR count). The molecule has 0 radical (unpaired) electrons. The summed E-state index contributed by atoms with van der Waals surface area (Å²) in [5, 5.41) is 6.97. The van der Waals surface area contributed by atoms with E-state index in [1.807, 2.05) is 24.3 Å². The van der Waals surface area contributed by atoms with Crippen molar-refractivity contribution in [3.8, 4) is 0 Å². The van der Waals surface area contributed by atoms with Gasteiger partial charge in [-0.25, -0.2) is 5.43 Å². The van der Waals surface area contributed by atoms with Gasteiger partial charge in [0.1, 0.15) is 0 Å². The number of nitrogens with zero attached hydrogens (tertiary/aromatic N) is 1. The van der Waals surface area contributed by atoms with Crippen LogP contribution < -0.4 is 16.5 Å². The number of anilines is 1. The number of thiocarbonyl (C=S) groups is 1. The lowest BCUT2D eigenvalue weighted by Gasteiger charge is -2.04. The summed E-state index contributed by atoms with van der Waals surface area (Å²) in [4.78, 5) is 11.0. The first-order valence-corrected chi connectivity index (χ1v) is 5.08. The zero-order valence-electron chi connectivity index (χ0n) is 8.36. The molecule has 5 nitrogen and oxygen atoms in total. The van der Waals surface area contributed by atoms with E-state index in [2.05, 4.69) is 15.8 Å². The fourth-order valence-electron chi connectivity index (χ4n) is 1.42. The lowest BCUT2D eigenvalue weighted by molar-refractivity contribution is -0.119. The third kappa shape index (κ3) is 2.34. The van der Waals surface area contributed by atoms with Gasteiger partial charge in [0, 0.05) is 5.69 Å². The Bertz CT molecular complexity index is 466. The standard InChI is InChI=1S/C10H10N4OS/c11-10(16)12-7-3-1-6(2-4-7)8-5-9(15)14-13-8/h1-4H,5H2,(H,14,15)(H3,11,12,16). The molecular formula is C10H10N4OS. The normalized spacial score (nSPS) is 14.2. The minimum Gasteiger partial charge on any atom is -0.376 e. The molecular weight excluding hydrogens is 224 g/mol. The molecule has 0 saturated heterocycles. The maximum Gasteiger partial charge on any atom is 0.246 e. The van der Waals surface area contributed by atoms with Gasteiger partial charge in [0.25, 0.3) is 0 Å². The Morgan fingerprint density at radius 1 is 1.44 bits per heavy atom. The van der Waals surface area contributed by atoms with E-state index in [4.69, 9.17) is 18.0 Å². The Morgan fingerprint density at radius 2 is 2.12 bits per heavy atom. The van der Waals surface area contributed by atoms with E-state index in [-0.39, 0.29) is 11.0 Å². The van der Waals surface area contributed by atoms with Crippen LogP contribution in [0.2, 0.25) is 0 Å². The molecule has 0 atom stereocenters. The first-order chi connectivity index (χ1) is 7.65. The lowest BCUT2D eigenvalue weighted by Crippen LogP contribution is -2.18. The molecule has 4 N–H and O–H groups in total. The van der Waals surface area contributed by atoms with E-state index in [0.717, 1.165) is 17.0 Å². The van der Waals surface area contributed by atoms with Crippen molar-refractivity contribution in [2.24, 2.45) is 10.8 Å². The van der Waals surface area contributed by atoms with E-state index < -0.39 is 0 Å². The summed E-state index contributed by atoms with van der Waals surface area (Å²) in [5.41, 5.74) is 10.2. The van der Waals surface area contributed by atoms with Crippen molar-refractivity contribution in [1.29, 1.82) is 0 Å². The number of hydrazone groups is 1. The molecule has 1 aromatic rings. The average molecular weight is 234 g/mol. The molecule has 0 spiro atoms.